The van der Waals surface area contributed by atoms with Crippen molar-refractivity contribution in [3.8, 4) is 0 Å². The molecular formula is C17H23NO3. The lowest BCUT2D eigenvalue weighted by molar-refractivity contribution is -0.142. The number of carboxylic acid groups (broad SMARTS) is 1. The van der Waals surface area contributed by atoms with E-state index in [1.807, 2.05) is 12.1 Å². The van der Waals surface area contributed by atoms with E-state index in [0.29, 0.717) is 19.3 Å². The van der Waals surface area contributed by atoms with Crippen LogP contribution in [0.15, 0.2) is 24.3 Å². The number of aliphatic carboxylic acids is 1. The van der Waals surface area contributed by atoms with Crippen LogP contribution in [-0.2, 0) is 22.4 Å². The van der Waals surface area contributed by atoms with Crippen LogP contribution in [0.5, 0.6) is 0 Å². The zero-order chi connectivity index (χ0) is 15.2. The third-order valence-corrected chi connectivity index (χ3v) is 4.24. The van der Waals surface area contributed by atoms with Gasteiger partial charge in [-0.3, -0.25) is 9.59 Å². The molecule has 1 aromatic carbocycles. The zero-order valence-electron chi connectivity index (χ0n) is 12.5. The second kappa shape index (κ2) is 7.25. The van der Waals surface area contributed by atoms with Crippen LogP contribution in [-0.4, -0.2) is 23.0 Å². The Balaban J connectivity index is 1.78. The van der Waals surface area contributed by atoms with Gasteiger partial charge in [-0.15, -0.1) is 0 Å². The minimum absolute atomic E-state index is 0.0259. The van der Waals surface area contributed by atoms with Crippen LogP contribution in [0.2, 0.25) is 0 Å². The second-order valence-electron chi connectivity index (χ2n) is 5.80. The molecule has 1 aliphatic rings. The SMILES string of the molecule is CCc1ccc(CC(=O)NC2CCC(C(=O)O)CC2)cc1. The average Bonchev–Trinajstić information content (AvgIpc) is 2.48. The first-order valence-corrected chi connectivity index (χ1v) is 7.68. The Kier molecular flexibility index (Phi) is 5.37. The molecule has 1 amide bonds. The van der Waals surface area contributed by atoms with Gasteiger partial charge in [-0.2, -0.15) is 0 Å². The number of benzene rings is 1. The lowest BCUT2D eigenvalue weighted by atomic mass is 9.86. The van der Waals surface area contributed by atoms with Crippen LogP contribution >= 0.6 is 0 Å². The average molecular weight is 289 g/mol. The molecule has 0 heterocycles. The molecule has 0 unspecified atom stereocenters. The van der Waals surface area contributed by atoms with Gasteiger partial charge in [0.15, 0.2) is 0 Å². The molecule has 1 saturated carbocycles. The minimum atomic E-state index is -0.712. The minimum Gasteiger partial charge on any atom is -0.481 e. The fraction of sp³-hybridized carbons (Fsp3) is 0.529. The summed E-state index contributed by atoms with van der Waals surface area (Å²) in [6.07, 6.45) is 4.23. The smallest absolute Gasteiger partial charge is 0.306 e. The summed E-state index contributed by atoms with van der Waals surface area (Å²) in [6, 6.07) is 8.24. The molecule has 0 bridgehead atoms. The number of nitrogens with one attached hydrogen (secondary N) is 1. The molecule has 1 aromatic rings. The molecule has 1 aliphatic carbocycles. The van der Waals surface area contributed by atoms with Crippen molar-refractivity contribution >= 4 is 11.9 Å². The maximum atomic E-state index is 12.0. The Morgan fingerprint density at radius 1 is 1.10 bits per heavy atom. The topological polar surface area (TPSA) is 66.4 Å². The van der Waals surface area contributed by atoms with Crippen LogP contribution in [0.4, 0.5) is 0 Å². The van der Waals surface area contributed by atoms with E-state index in [2.05, 4.69) is 24.4 Å². The Hall–Kier alpha value is -1.84. The van der Waals surface area contributed by atoms with Gasteiger partial charge in [0.1, 0.15) is 0 Å². The summed E-state index contributed by atoms with van der Waals surface area (Å²) in [7, 11) is 0. The molecule has 1 fully saturated rings. The summed E-state index contributed by atoms with van der Waals surface area (Å²) in [6.45, 7) is 2.11. The molecule has 114 valence electrons. The molecule has 0 aromatic heterocycles. The third kappa shape index (κ3) is 4.59. The monoisotopic (exact) mass is 289 g/mol. The van der Waals surface area contributed by atoms with Gasteiger partial charge in [0, 0.05) is 6.04 Å². The maximum absolute atomic E-state index is 12.0. The summed E-state index contributed by atoms with van der Waals surface area (Å²) >= 11 is 0. The van der Waals surface area contributed by atoms with Gasteiger partial charge in [-0.05, 0) is 43.2 Å². The highest BCUT2D eigenvalue weighted by molar-refractivity contribution is 5.79. The molecular weight excluding hydrogens is 266 g/mol. The maximum Gasteiger partial charge on any atom is 0.306 e. The summed E-state index contributed by atoms with van der Waals surface area (Å²) < 4.78 is 0. The normalized spacial score (nSPS) is 21.8. The van der Waals surface area contributed by atoms with Gasteiger partial charge in [0.05, 0.1) is 12.3 Å². The molecule has 0 aliphatic heterocycles. The fourth-order valence-electron chi connectivity index (χ4n) is 2.84. The quantitative estimate of drug-likeness (QED) is 0.875. The first-order valence-electron chi connectivity index (χ1n) is 7.68. The van der Waals surface area contributed by atoms with Crippen LogP contribution in [0, 0.1) is 5.92 Å². The molecule has 2 rings (SSSR count). The zero-order valence-corrected chi connectivity index (χ0v) is 12.5. The molecule has 0 radical (unpaired) electrons. The van der Waals surface area contributed by atoms with Crippen molar-refractivity contribution in [1.29, 1.82) is 0 Å². The van der Waals surface area contributed by atoms with Crippen molar-refractivity contribution < 1.29 is 14.7 Å². The second-order valence-corrected chi connectivity index (χ2v) is 5.80. The highest BCUT2D eigenvalue weighted by Gasteiger charge is 2.26. The molecule has 2 N–H and O–H groups in total. The molecule has 0 atom stereocenters. The number of hydrogen-bond donors (Lipinski definition) is 2. The number of aryl methyl sites for hydroxylation is 1. The summed E-state index contributed by atoms with van der Waals surface area (Å²) in [5.41, 5.74) is 2.29. The Labute approximate surface area is 125 Å². The van der Waals surface area contributed by atoms with E-state index in [1.165, 1.54) is 5.56 Å². The van der Waals surface area contributed by atoms with E-state index >= 15 is 0 Å². The number of carbonyl (C=O) groups excluding carboxylic acids is 1. The van der Waals surface area contributed by atoms with Crippen LogP contribution in [0.1, 0.15) is 43.7 Å². The number of carboxylic acids is 1. The highest BCUT2D eigenvalue weighted by Crippen LogP contribution is 2.24. The van der Waals surface area contributed by atoms with Gasteiger partial charge in [-0.1, -0.05) is 31.2 Å². The third-order valence-electron chi connectivity index (χ3n) is 4.24. The van der Waals surface area contributed by atoms with Crippen molar-refractivity contribution in [2.75, 3.05) is 0 Å². The lowest BCUT2D eigenvalue weighted by Crippen LogP contribution is -2.39. The van der Waals surface area contributed by atoms with E-state index in [9.17, 15) is 9.59 Å². The van der Waals surface area contributed by atoms with E-state index in [0.717, 1.165) is 24.8 Å². The van der Waals surface area contributed by atoms with E-state index in [-0.39, 0.29) is 17.9 Å². The molecule has 0 saturated heterocycles. The van der Waals surface area contributed by atoms with Gasteiger partial charge < -0.3 is 10.4 Å². The molecule has 4 nitrogen and oxygen atoms in total. The van der Waals surface area contributed by atoms with E-state index in [4.69, 9.17) is 5.11 Å². The molecule has 4 heteroatoms. The number of carbonyl (C=O) groups is 2. The van der Waals surface area contributed by atoms with Crippen LogP contribution in [0.3, 0.4) is 0 Å². The number of hydrogen-bond acceptors (Lipinski definition) is 2. The Morgan fingerprint density at radius 2 is 1.67 bits per heavy atom. The molecule has 21 heavy (non-hydrogen) atoms. The molecule has 0 spiro atoms. The predicted molar refractivity (Wildman–Crippen MR) is 81.0 cm³/mol. The van der Waals surface area contributed by atoms with Crippen molar-refractivity contribution in [2.45, 2.75) is 51.5 Å². The lowest BCUT2D eigenvalue weighted by Gasteiger charge is -2.26. The largest absolute Gasteiger partial charge is 0.481 e. The van der Waals surface area contributed by atoms with Gasteiger partial charge in [0.2, 0.25) is 5.91 Å². The van der Waals surface area contributed by atoms with Gasteiger partial charge in [0.25, 0.3) is 0 Å². The van der Waals surface area contributed by atoms with Crippen LogP contribution < -0.4 is 5.32 Å². The first-order chi connectivity index (χ1) is 10.1. The standard InChI is InChI=1S/C17H23NO3/c1-2-12-3-5-13(6-4-12)11-16(19)18-15-9-7-14(8-10-15)17(20)21/h3-6,14-15H,2,7-11H2,1H3,(H,18,19)(H,20,21). The summed E-state index contributed by atoms with van der Waals surface area (Å²) in [4.78, 5) is 22.9. The summed E-state index contributed by atoms with van der Waals surface area (Å²) in [5, 5.41) is 12.0. The fourth-order valence-corrected chi connectivity index (χ4v) is 2.84. The van der Waals surface area contributed by atoms with Crippen LogP contribution in [0.25, 0.3) is 0 Å². The van der Waals surface area contributed by atoms with Crippen molar-refractivity contribution in [3.05, 3.63) is 35.4 Å². The Morgan fingerprint density at radius 3 is 2.19 bits per heavy atom. The first kappa shape index (κ1) is 15.5. The summed E-state index contributed by atoms with van der Waals surface area (Å²) in [5.74, 6) is -0.923. The van der Waals surface area contributed by atoms with Crippen molar-refractivity contribution in [3.63, 3.8) is 0 Å². The van der Waals surface area contributed by atoms with E-state index in [1.54, 1.807) is 0 Å². The number of amides is 1. The van der Waals surface area contributed by atoms with Gasteiger partial charge in [-0.25, -0.2) is 0 Å². The predicted octanol–water partition coefficient (Wildman–Crippen LogP) is 2.55. The number of rotatable bonds is 5. The Bertz CT molecular complexity index is 487. The highest BCUT2D eigenvalue weighted by atomic mass is 16.4. The van der Waals surface area contributed by atoms with Crippen molar-refractivity contribution in [2.24, 2.45) is 5.92 Å². The van der Waals surface area contributed by atoms with E-state index < -0.39 is 5.97 Å². The van der Waals surface area contributed by atoms with Crippen molar-refractivity contribution in [1.82, 2.24) is 5.32 Å². The van der Waals surface area contributed by atoms with Gasteiger partial charge >= 0.3 is 5.97 Å².